The van der Waals surface area contributed by atoms with E-state index in [2.05, 4.69) is 0 Å². The first-order valence-corrected chi connectivity index (χ1v) is 10.1. The maximum atomic E-state index is 13.4. The topological polar surface area (TPSA) is 57.7 Å². The van der Waals surface area contributed by atoms with E-state index in [0.717, 1.165) is 12.1 Å². The third-order valence-corrected chi connectivity index (χ3v) is 6.70. The number of hydrogen-bond acceptors (Lipinski definition) is 3. The second-order valence-corrected chi connectivity index (χ2v) is 8.57. The van der Waals surface area contributed by atoms with E-state index in [-0.39, 0.29) is 11.7 Å². The van der Waals surface area contributed by atoms with Crippen LogP contribution >= 0.6 is 0 Å². The molecule has 2 aromatic carbocycles. The molecule has 8 heteroatoms. The average molecular weight is 394 g/mol. The molecule has 0 bridgehead atoms. The van der Waals surface area contributed by atoms with Crippen molar-refractivity contribution in [2.24, 2.45) is 0 Å². The van der Waals surface area contributed by atoms with Crippen LogP contribution < -0.4 is 4.31 Å². The van der Waals surface area contributed by atoms with Gasteiger partial charge in [-0.05, 0) is 55.3 Å². The fraction of sp³-hybridized carbons (Fsp3) is 0.316. The molecule has 1 heterocycles. The Morgan fingerprint density at radius 2 is 1.78 bits per heavy atom. The average Bonchev–Trinajstić information content (AvgIpc) is 3.01. The summed E-state index contributed by atoms with van der Waals surface area (Å²) in [5.41, 5.74) is 1.39. The maximum absolute atomic E-state index is 13.4. The van der Waals surface area contributed by atoms with Crippen LogP contribution in [0.5, 0.6) is 0 Å². The lowest BCUT2D eigenvalue weighted by Crippen LogP contribution is -2.30. The smallest absolute Gasteiger partial charge is 0.254 e. The van der Waals surface area contributed by atoms with Crippen LogP contribution in [0.4, 0.5) is 14.5 Å². The van der Waals surface area contributed by atoms with Crippen molar-refractivity contribution < 1.29 is 22.0 Å². The van der Waals surface area contributed by atoms with Gasteiger partial charge >= 0.3 is 0 Å². The predicted molar refractivity (Wildman–Crippen MR) is 99.1 cm³/mol. The van der Waals surface area contributed by atoms with E-state index in [4.69, 9.17) is 0 Å². The Kier molecular flexibility index (Phi) is 5.19. The summed E-state index contributed by atoms with van der Waals surface area (Å²) in [5.74, 6) is -2.07. The molecule has 1 fully saturated rings. The van der Waals surface area contributed by atoms with Crippen molar-refractivity contribution in [1.82, 2.24) is 4.90 Å². The highest BCUT2D eigenvalue weighted by Gasteiger charge is 2.28. The van der Waals surface area contributed by atoms with Crippen LogP contribution in [-0.2, 0) is 10.0 Å². The Bertz CT molecular complexity index is 961. The van der Waals surface area contributed by atoms with Crippen molar-refractivity contribution in [3.05, 3.63) is 65.2 Å². The molecule has 0 aromatic heterocycles. The zero-order chi connectivity index (χ0) is 19.8. The van der Waals surface area contributed by atoms with Gasteiger partial charge in [0.05, 0.1) is 17.5 Å². The minimum absolute atomic E-state index is 0.127. The molecule has 0 aliphatic carbocycles. The second kappa shape index (κ2) is 7.26. The third-order valence-electron chi connectivity index (χ3n) is 4.83. The molecule has 1 amide bonds. The van der Waals surface area contributed by atoms with Gasteiger partial charge in [-0.25, -0.2) is 17.2 Å². The zero-order valence-electron chi connectivity index (χ0n) is 15.0. The van der Waals surface area contributed by atoms with Crippen LogP contribution in [0.2, 0.25) is 0 Å². The van der Waals surface area contributed by atoms with Gasteiger partial charge in [-0.2, -0.15) is 0 Å². The first-order valence-electron chi connectivity index (χ1n) is 8.53. The Morgan fingerprint density at radius 1 is 1.11 bits per heavy atom. The molecule has 2 aromatic rings. The number of anilines is 1. The van der Waals surface area contributed by atoms with Gasteiger partial charge in [-0.3, -0.25) is 9.10 Å². The summed E-state index contributed by atoms with van der Waals surface area (Å²) in [4.78, 5) is 14.1. The van der Waals surface area contributed by atoms with Crippen LogP contribution in [0.25, 0.3) is 0 Å². The largest absolute Gasteiger partial charge is 0.335 e. The van der Waals surface area contributed by atoms with Gasteiger partial charge in [0.15, 0.2) is 11.6 Å². The first kappa shape index (κ1) is 19.3. The lowest BCUT2D eigenvalue weighted by molar-refractivity contribution is 0.0742. The molecule has 1 saturated heterocycles. The Labute approximate surface area is 157 Å². The number of amides is 1. The summed E-state index contributed by atoms with van der Waals surface area (Å²) in [6.45, 7) is 2.15. The SMILES string of the molecule is CC(c1ccc(F)c(F)c1)N(C)C(=O)c1ccc(N2CCCS2(=O)=O)cc1. The summed E-state index contributed by atoms with van der Waals surface area (Å²) in [6.07, 6.45) is 0.581. The van der Waals surface area contributed by atoms with Gasteiger partial charge in [-0.15, -0.1) is 0 Å². The van der Waals surface area contributed by atoms with Crippen molar-refractivity contribution in [2.75, 3.05) is 23.7 Å². The van der Waals surface area contributed by atoms with Gasteiger partial charge in [0, 0.05) is 19.2 Å². The van der Waals surface area contributed by atoms with Crippen LogP contribution in [0.1, 0.15) is 35.3 Å². The van der Waals surface area contributed by atoms with Gasteiger partial charge in [-0.1, -0.05) is 6.07 Å². The van der Waals surface area contributed by atoms with E-state index >= 15 is 0 Å². The summed E-state index contributed by atoms with van der Waals surface area (Å²) < 4.78 is 51.9. The van der Waals surface area contributed by atoms with Crippen molar-refractivity contribution in [1.29, 1.82) is 0 Å². The lowest BCUT2D eigenvalue weighted by Gasteiger charge is -2.26. The Balaban J connectivity index is 1.77. The quantitative estimate of drug-likeness (QED) is 0.799. The molecule has 0 radical (unpaired) electrons. The molecular formula is C19H20F2N2O3S. The van der Waals surface area contributed by atoms with Crippen molar-refractivity contribution in [3.63, 3.8) is 0 Å². The second-order valence-electron chi connectivity index (χ2n) is 6.55. The molecule has 1 aliphatic rings. The van der Waals surface area contributed by atoms with Crippen LogP contribution in [0.3, 0.4) is 0 Å². The monoisotopic (exact) mass is 394 g/mol. The zero-order valence-corrected chi connectivity index (χ0v) is 15.8. The number of carbonyl (C=O) groups is 1. The molecule has 1 unspecified atom stereocenters. The van der Waals surface area contributed by atoms with E-state index in [1.807, 2.05) is 0 Å². The normalized spacial score (nSPS) is 17.0. The number of halogens is 2. The fourth-order valence-electron chi connectivity index (χ4n) is 3.08. The maximum Gasteiger partial charge on any atom is 0.254 e. The highest BCUT2D eigenvalue weighted by molar-refractivity contribution is 7.93. The van der Waals surface area contributed by atoms with Crippen molar-refractivity contribution >= 4 is 21.6 Å². The molecule has 5 nitrogen and oxygen atoms in total. The number of sulfonamides is 1. The minimum Gasteiger partial charge on any atom is -0.335 e. The highest BCUT2D eigenvalue weighted by Crippen LogP contribution is 2.26. The van der Waals surface area contributed by atoms with Crippen LogP contribution in [-0.4, -0.2) is 38.6 Å². The molecule has 0 spiro atoms. The standard InChI is InChI=1S/C19H20F2N2O3S/c1-13(15-6-9-17(20)18(21)12-15)22(2)19(24)14-4-7-16(8-5-14)23-10-3-11-27(23,25)26/h4-9,12-13H,3,10-11H2,1-2H3. The van der Waals surface area contributed by atoms with Crippen LogP contribution in [0, 0.1) is 11.6 Å². The fourth-order valence-corrected chi connectivity index (χ4v) is 4.64. The summed E-state index contributed by atoms with van der Waals surface area (Å²) >= 11 is 0. The van der Waals surface area contributed by atoms with Gasteiger partial charge < -0.3 is 4.90 Å². The number of nitrogens with zero attached hydrogens (tertiary/aromatic N) is 2. The highest BCUT2D eigenvalue weighted by atomic mass is 32.2. The Morgan fingerprint density at radius 3 is 2.33 bits per heavy atom. The number of hydrogen-bond donors (Lipinski definition) is 0. The minimum atomic E-state index is -3.27. The first-order chi connectivity index (χ1) is 12.7. The molecule has 27 heavy (non-hydrogen) atoms. The summed E-state index contributed by atoms with van der Waals surface area (Å²) in [6, 6.07) is 9.42. The van der Waals surface area contributed by atoms with E-state index in [9.17, 15) is 22.0 Å². The van der Waals surface area contributed by atoms with Gasteiger partial charge in [0.2, 0.25) is 10.0 Å². The summed E-state index contributed by atoms with van der Waals surface area (Å²) in [7, 11) is -1.70. The molecule has 3 rings (SSSR count). The van der Waals surface area contributed by atoms with Crippen molar-refractivity contribution in [2.45, 2.75) is 19.4 Å². The van der Waals surface area contributed by atoms with Gasteiger partial charge in [0.25, 0.3) is 5.91 Å². The molecule has 0 N–H and O–H groups in total. The van der Waals surface area contributed by atoms with Crippen molar-refractivity contribution in [3.8, 4) is 0 Å². The molecular weight excluding hydrogens is 374 g/mol. The molecule has 1 aliphatic heterocycles. The van der Waals surface area contributed by atoms with Gasteiger partial charge in [0.1, 0.15) is 0 Å². The molecule has 144 valence electrons. The Hall–Kier alpha value is -2.48. The number of rotatable bonds is 4. The number of benzene rings is 2. The predicted octanol–water partition coefficient (Wildman–Crippen LogP) is 3.34. The van der Waals surface area contributed by atoms with Crippen LogP contribution in [0.15, 0.2) is 42.5 Å². The third kappa shape index (κ3) is 3.80. The van der Waals surface area contributed by atoms with E-state index in [0.29, 0.717) is 29.8 Å². The molecule has 1 atom stereocenters. The molecule has 0 saturated carbocycles. The van der Waals surface area contributed by atoms with E-state index in [1.54, 1.807) is 38.2 Å². The number of carbonyl (C=O) groups excluding carboxylic acids is 1. The van der Waals surface area contributed by atoms with E-state index in [1.165, 1.54) is 15.3 Å². The lowest BCUT2D eigenvalue weighted by atomic mass is 10.1. The van der Waals surface area contributed by atoms with E-state index < -0.39 is 27.7 Å². The summed E-state index contributed by atoms with van der Waals surface area (Å²) in [5, 5.41) is 0.